The Morgan fingerprint density at radius 3 is 2.78 bits per heavy atom. The minimum Gasteiger partial charge on any atom is -0.471 e. The molecule has 0 saturated carbocycles. The summed E-state index contributed by atoms with van der Waals surface area (Å²) in [5.74, 6) is -4.96. The average Bonchev–Trinajstić information content (AvgIpc) is 2.55. The zero-order valence-corrected chi connectivity index (χ0v) is 11.8. The van der Waals surface area contributed by atoms with E-state index in [0.717, 1.165) is 6.20 Å². The van der Waals surface area contributed by atoms with Crippen LogP contribution in [-0.4, -0.2) is 55.8 Å². The van der Waals surface area contributed by atoms with Crippen LogP contribution < -0.4 is 10.1 Å². The first kappa shape index (κ1) is 17.4. The van der Waals surface area contributed by atoms with Crippen molar-refractivity contribution < 1.29 is 36.6 Å². The summed E-state index contributed by atoms with van der Waals surface area (Å²) in [7, 11) is 0. The van der Waals surface area contributed by atoms with Crippen LogP contribution in [0.1, 0.15) is 0 Å². The van der Waals surface area contributed by atoms with Crippen LogP contribution in [0.2, 0.25) is 0 Å². The lowest BCUT2D eigenvalue weighted by molar-refractivity contribution is -0.148. The van der Waals surface area contributed by atoms with Crippen molar-refractivity contribution in [1.82, 2.24) is 4.98 Å². The number of ether oxygens (including phenoxy) is 3. The largest absolute Gasteiger partial charge is 0.471 e. The summed E-state index contributed by atoms with van der Waals surface area (Å²) < 4.78 is 64.2. The molecule has 10 heteroatoms. The maximum Gasteiger partial charge on any atom is 0.340 e. The topological polar surface area (TPSA) is 69.7 Å². The highest BCUT2D eigenvalue weighted by atomic mass is 19.3. The van der Waals surface area contributed by atoms with Crippen LogP contribution in [0.3, 0.4) is 0 Å². The second kappa shape index (κ2) is 7.55. The molecule has 2 heterocycles. The number of hydrogen-bond donors (Lipinski definition) is 1. The van der Waals surface area contributed by atoms with Gasteiger partial charge in [-0.25, -0.2) is 13.8 Å². The van der Waals surface area contributed by atoms with Gasteiger partial charge in [0.1, 0.15) is 0 Å². The molecule has 0 radical (unpaired) electrons. The molecular weight excluding hydrogens is 324 g/mol. The lowest BCUT2D eigenvalue weighted by Gasteiger charge is -2.22. The van der Waals surface area contributed by atoms with E-state index in [1.807, 2.05) is 0 Å². The lowest BCUT2D eigenvalue weighted by Crippen LogP contribution is -2.39. The third kappa shape index (κ3) is 5.03. The Morgan fingerprint density at radius 1 is 1.43 bits per heavy atom. The number of nitrogens with one attached hydrogen (secondary N) is 1. The molecule has 1 amide bonds. The van der Waals surface area contributed by atoms with Crippen molar-refractivity contribution in [1.29, 1.82) is 0 Å². The van der Waals surface area contributed by atoms with Crippen LogP contribution >= 0.6 is 0 Å². The number of carbonyl (C=O) groups excluding carboxylic acids is 1. The Bertz CT molecular complexity index is 521. The van der Waals surface area contributed by atoms with Crippen LogP contribution in [0.15, 0.2) is 18.3 Å². The van der Waals surface area contributed by atoms with Crippen molar-refractivity contribution in [3.05, 3.63) is 18.3 Å². The Labute approximate surface area is 128 Å². The van der Waals surface area contributed by atoms with Gasteiger partial charge in [0.2, 0.25) is 5.88 Å². The van der Waals surface area contributed by atoms with Gasteiger partial charge in [-0.2, -0.15) is 8.78 Å². The number of carbonyl (C=O) groups is 1. The third-order valence-corrected chi connectivity index (χ3v) is 2.84. The summed E-state index contributed by atoms with van der Waals surface area (Å²) >= 11 is 0. The molecule has 1 N–H and O–H groups in total. The number of pyridine rings is 1. The number of aromatic nitrogens is 1. The van der Waals surface area contributed by atoms with E-state index in [4.69, 9.17) is 9.47 Å². The number of amides is 1. The number of alkyl halides is 4. The maximum atomic E-state index is 12.7. The van der Waals surface area contributed by atoms with Gasteiger partial charge in [-0.1, -0.05) is 0 Å². The molecule has 1 aliphatic heterocycles. The molecule has 1 aromatic heterocycles. The summed E-state index contributed by atoms with van der Waals surface area (Å²) in [4.78, 5) is 15.5. The van der Waals surface area contributed by atoms with Crippen LogP contribution in [0.25, 0.3) is 0 Å². The quantitative estimate of drug-likeness (QED) is 0.800. The predicted octanol–water partition coefficient (Wildman–Crippen LogP) is 1.71. The van der Waals surface area contributed by atoms with E-state index in [9.17, 15) is 22.4 Å². The Balaban J connectivity index is 1.85. The normalized spacial score (nSPS) is 18.7. The molecule has 0 aromatic carbocycles. The molecule has 1 aliphatic rings. The Hall–Kier alpha value is -1.94. The molecule has 0 spiro atoms. The SMILES string of the molecule is O=C(Nc1ccc(OCC(F)(F)C(F)F)nc1)[C@@H]1COCCO1. The van der Waals surface area contributed by atoms with E-state index in [-0.39, 0.29) is 18.2 Å². The summed E-state index contributed by atoms with van der Waals surface area (Å²) in [6.45, 7) is -0.637. The van der Waals surface area contributed by atoms with Crippen molar-refractivity contribution in [2.45, 2.75) is 18.5 Å². The lowest BCUT2D eigenvalue weighted by atomic mass is 10.3. The molecular formula is C13H14F4N2O4. The first-order valence-corrected chi connectivity index (χ1v) is 6.63. The zero-order chi connectivity index (χ0) is 16.9. The summed E-state index contributed by atoms with van der Waals surface area (Å²) in [6, 6.07) is 2.51. The predicted molar refractivity (Wildman–Crippen MR) is 69.9 cm³/mol. The molecule has 2 rings (SSSR count). The van der Waals surface area contributed by atoms with Gasteiger partial charge in [-0.05, 0) is 6.07 Å². The van der Waals surface area contributed by atoms with E-state index in [2.05, 4.69) is 15.0 Å². The molecule has 1 aromatic rings. The maximum absolute atomic E-state index is 12.7. The van der Waals surface area contributed by atoms with E-state index < -0.39 is 31.0 Å². The smallest absolute Gasteiger partial charge is 0.340 e. The summed E-state index contributed by atoms with van der Waals surface area (Å²) in [6.07, 6.45) is -3.42. The molecule has 1 saturated heterocycles. The van der Waals surface area contributed by atoms with Gasteiger partial charge in [0.05, 0.1) is 31.7 Å². The molecule has 0 aliphatic carbocycles. The second-order valence-electron chi connectivity index (χ2n) is 4.66. The fourth-order valence-electron chi connectivity index (χ4n) is 1.63. The highest BCUT2D eigenvalue weighted by molar-refractivity contribution is 5.94. The second-order valence-corrected chi connectivity index (χ2v) is 4.66. The number of hydrogen-bond acceptors (Lipinski definition) is 5. The van der Waals surface area contributed by atoms with Crippen LogP contribution in [0.5, 0.6) is 5.88 Å². The van der Waals surface area contributed by atoms with Crippen molar-refractivity contribution in [2.24, 2.45) is 0 Å². The number of rotatable bonds is 6. The van der Waals surface area contributed by atoms with Crippen molar-refractivity contribution in [2.75, 3.05) is 31.7 Å². The highest BCUT2D eigenvalue weighted by Crippen LogP contribution is 2.24. The monoisotopic (exact) mass is 338 g/mol. The van der Waals surface area contributed by atoms with E-state index >= 15 is 0 Å². The van der Waals surface area contributed by atoms with Gasteiger partial charge in [0, 0.05) is 6.07 Å². The van der Waals surface area contributed by atoms with Crippen LogP contribution in [-0.2, 0) is 14.3 Å². The van der Waals surface area contributed by atoms with Crippen molar-refractivity contribution in [3.8, 4) is 5.88 Å². The first-order chi connectivity index (χ1) is 10.9. The van der Waals surface area contributed by atoms with Gasteiger partial charge < -0.3 is 19.5 Å². The molecule has 0 unspecified atom stereocenters. The van der Waals surface area contributed by atoms with Crippen molar-refractivity contribution in [3.63, 3.8) is 0 Å². The first-order valence-electron chi connectivity index (χ1n) is 6.63. The van der Waals surface area contributed by atoms with Gasteiger partial charge in [0.15, 0.2) is 12.7 Å². The average molecular weight is 338 g/mol. The van der Waals surface area contributed by atoms with E-state index in [1.54, 1.807) is 0 Å². The minimum atomic E-state index is -4.26. The van der Waals surface area contributed by atoms with Gasteiger partial charge >= 0.3 is 12.3 Å². The summed E-state index contributed by atoms with van der Waals surface area (Å²) in [5.41, 5.74) is 0.275. The molecule has 128 valence electrons. The minimum absolute atomic E-state index is 0.128. The summed E-state index contributed by atoms with van der Waals surface area (Å²) in [5, 5.41) is 2.50. The molecule has 23 heavy (non-hydrogen) atoms. The van der Waals surface area contributed by atoms with Crippen LogP contribution in [0, 0.1) is 0 Å². The molecule has 1 fully saturated rings. The van der Waals surface area contributed by atoms with Gasteiger partial charge in [-0.15, -0.1) is 0 Å². The number of nitrogens with zero attached hydrogens (tertiary/aromatic N) is 1. The highest BCUT2D eigenvalue weighted by Gasteiger charge is 2.41. The standard InChI is InChI=1S/C13H14F4N2O4/c14-12(15)13(16,17)7-23-10-2-1-8(5-18-10)19-11(20)9-6-21-3-4-22-9/h1-2,5,9,12H,3-4,6-7H2,(H,19,20)/t9-/m0/s1. The Morgan fingerprint density at radius 2 is 2.22 bits per heavy atom. The molecule has 6 nitrogen and oxygen atoms in total. The van der Waals surface area contributed by atoms with Crippen molar-refractivity contribution >= 4 is 11.6 Å². The fraction of sp³-hybridized carbons (Fsp3) is 0.538. The third-order valence-electron chi connectivity index (χ3n) is 2.84. The number of halogens is 4. The van der Waals surface area contributed by atoms with E-state index in [1.165, 1.54) is 12.1 Å². The molecule has 0 bridgehead atoms. The van der Waals surface area contributed by atoms with Crippen LogP contribution in [0.4, 0.5) is 23.2 Å². The number of anilines is 1. The van der Waals surface area contributed by atoms with E-state index in [0.29, 0.717) is 13.2 Å². The van der Waals surface area contributed by atoms with Gasteiger partial charge in [-0.3, -0.25) is 4.79 Å². The molecule has 1 atom stereocenters. The van der Waals surface area contributed by atoms with Gasteiger partial charge in [0.25, 0.3) is 5.91 Å². The zero-order valence-electron chi connectivity index (χ0n) is 11.8. The fourth-order valence-corrected chi connectivity index (χ4v) is 1.63. The Kier molecular flexibility index (Phi) is 5.72.